The molecule has 1 aromatic carbocycles. The fraction of sp³-hybridized carbons (Fsp3) is 0.214. The minimum Gasteiger partial charge on any atom is -0.478 e. The van der Waals surface area contributed by atoms with Gasteiger partial charge >= 0.3 is 5.97 Å². The quantitative estimate of drug-likeness (QED) is 0.840. The monoisotopic (exact) mass is 308 g/mol. The first kappa shape index (κ1) is 15.3. The van der Waals surface area contributed by atoms with Crippen molar-refractivity contribution in [1.29, 1.82) is 0 Å². The molecule has 7 heteroatoms. The summed E-state index contributed by atoms with van der Waals surface area (Å²) in [6, 6.07) is 8.06. The maximum Gasteiger partial charge on any atom is 0.335 e. The van der Waals surface area contributed by atoms with Gasteiger partial charge in [0.05, 0.1) is 10.5 Å². The Morgan fingerprint density at radius 2 is 2.00 bits per heavy atom. The lowest BCUT2D eigenvalue weighted by Gasteiger charge is -2.07. The van der Waals surface area contributed by atoms with Crippen molar-refractivity contribution in [2.45, 2.75) is 11.3 Å². The molecule has 0 saturated heterocycles. The minimum absolute atomic E-state index is 0.140. The first-order valence-corrected chi connectivity index (χ1v) is 7.81. The highest BCUT2D eigenvalue weighted by Crippen LogP contribution is 2.11. The van der Waals surface area contributed by atoms with Crippen LogP contribution in [0.15, 0.2) is 47.6 Å². The highest BCUT2D eigenvalue weighted by molar-refractivity contribution is 7.89. The van der Waals surface area contributed by atoms with E-state index in [2.05, 4.69) is 4.72 Å². The largest absolute Gasteiger partial charge is 0.478 e. The second kappa shape index (κ2) is 6.11. The summed E-state index contributed by atoms with van der Waals surface area (Å²) in [5.74, 6) is -1.02. The van der Waals surface area contributed by atoms with E-state index in [0.717, 1.165) is 0 Å². The van der Waals surface area contributed by atoms with Crippen molar-refractivity contribution < 1.29 is 18.3 Å². The molecule has 21 heavy (non-hydrogen) atoms. The number of benzene rings is 1. The summed E-state index contributed by atoms with van der Waals surface area (Å²) in [7, 11) is -1.82. The lowest BCUT2D eigenvalue weighted by Crippen LogP contribution is -2.26. The Morgan fingerprint density at radius 3 is 2.62 bits per heavy atom. The molecule has 1 heterocycles. The van der Waals surface area contributed by atoms with Crippen LogP contribution in [-0.4, -0.2) is 30.6 Å². The van der Waals surface area contributed by atoms with Crippen LogP contribution >= 0.6 is 0 Å². The Balaban J connectivity index is 2.03. The summed E-state index contributed by atoms with van der Waals surface area (Å²) in [4.78, 5) is 11.3. The van der Waals surface area contributed by atoms with Crippen molar-refractivity contribution in [3.63, 3.8) is 0 Å². The summed E-state index contributed by atoms with van der Waals surface area (Å²) >= 11 is 0. The number of nitrogens with one attached hydrogen (secondary N) is 1. The molecule has 0 amide bonds. The van der Waals surface area contributed by atoms with Gasteiger partial charge in [-0.3, -0.25) is 0 Å². The van der Waals surface area contributed by atoms with Gasteiger partial charge in [-0.2, -0.15) is 0 Å². The first-order chi connectivity index (χ1) is 9.90. The third-order valence-corrected chi connectivity index (χ3v) is 4.50. The standard InChI is InChI=1S/C14H16N2O4S/c1-16-9-7-12(10-16)21(19,20)15-8-6-11-4-2-3-5-13(11)14(17)18/h2-5,7,9-10,15H,6,8H2,1H3,(H,17,18). The van der Waals surface area contributed by atoms with E-state index in [1.165, 1.54) is 18.3 Å². The van der Waals surface area contributed by atoms with Gasteiger partial charge in [-0.05, 0) is 24.1 Å². The van der Waals surface area contributed by atoms with E-state index in [-0.39, 0.29) is 17.0 Å². The molecule has 2 aromatic rings. The van der Waals surface area contributed by atoms with Gasteiger partial charge in [0.1, 0.15) is 0 Å². The average Bonchev–Trinajstić information content (AvgIpc) is 2.86. The maximum absolute atomic E-state index is 12.0. The van der Waals surface area contributed by atoms with Gasteiger partial charge in [-0.15, -0.1) is 0 Å². The summed E-state index contributed by atoms with van der Waals surface area (Å²) in [5, 5.41) is 9.06. The molecule has 0 aliphatic rings. The third kappa shape index (κ3) is 3.71. The van der Waals surface area contributed by atoms with Crippen molar-refractivity contribution in [3.8, 4) is 0 Å². The SMILES string of the molecule is Cn1ccc(S(=O)(=O)NCCc2ccccc2C(=O)O)c1. The molecule has 0 fully saturated rings. The molecule has 0 aliphatic heterocycles. The Kier molecular flexibility index (Phi) is 4.44. The lowest BCUT2D eigenvalue weighted by atomic mass is 10.1. The number of carboxylic acids is 1. The van der Waals surface area contributed by atoms with Crippen molar-refractivity contribution in [3.05, 3.63) is 53.9 Å². The highest BCUT2D eigenvalue weighted by Gasteiger charge is 2.15. The van der Waals surface area contributed by atoms with Crippen molar-refractivity contribution >= 4 is 16.0 Å². The number of aromatic nitrogens is 1. The van der Waals surface area contributed by atoms with Gasteiger partial charge < -0.3 is 9.67 Å². The molecule has 1 aromatic heterocycles. The van der Waals surface area contributed by atoms with Crippen LogP contribution in [0.25, 0.3) is 0 Å². The van der Waals surface area contributed by atoms with Gasteiger partial charge in [0.2, 0.25) is 10.0 Å². The number of carboxylic acid groups (broad SMARTS) is 1. The van der Waals surface area contributed by atoms with Gasteiger partial charge in [-0.1, -0.05) is 18.2 Å². The van der Waals surface area contributed by atoms with Crippen LogP contribution in [0.5, 0.6) is 0 Å². The van der Waals surface area contributed by atoms with E-state index in [1.807, 2.05) is 0 Å². The molecule has 0 bridgehead atoms. The van der Waals surface area contributed by atoms with Crippen LogP contribution in [0.4, 0.5) is 0 Å². The fourth-order valence-electron chi connectivity index (χ4n) is 1.99. The predicted molar refractivity (Wildman–Crippen MR) is 77.7 cm³/mol. The van der Waals surface area contributed by atoms with Crippen molar-refractivity contribution in [2.24, 2.45) is 7.05 Å². The smallest absolute Gasteiger partial charge is 0.335 e. The number of aryl methyl sites for hydroxylation is 1. The zero-order valence-electron chi connectivity index (χ0n) is 11.5. The van der Waals surface area contributed by atoms with Crippen LogP contribution in [0.1, 0.15) is 15.9 Å². The minimum atomic E-state index is -3.56. The number of aromatic carboxylic acids is 1. The van der Waals surface area contributed by atoms with Crippen LogP contribution in [0.2, 0.25) is 0 Å². The summed E-state index contributed by atoms with van der Waals surface area (Å²) in [5.41, 5.74) is 0.789. The summed E-state index contributed by atoms with van der Waals surface area (Å²) < 4.78 is 28.1. The van der Waals surface area contributed by atoms with E-state index in [0.29, 0.717) is 12.0 Å². The second-order valence-electron chi connectivity index (χ2n) is 4.62. The van der Waals surface area contributed by atoms with Gasteiger partial charge in [-0.25, -0.2) is 17.9 Å². The number of nitrogens with zero attached hydrogens (tertiary/aromatic N) is 1. The first-order valence-electron chi connectivity index (χ1n) is 6.33. The van der Waals surface area contributed by atoms with E-state index >= 15 is 0 Å². The van der Waals surface area contributed by atoms with E-state index in [9.17, 15) is 13.2 Å². The van der Waals surface area contributed by atoms with Crippen molar-refractivity contribution in [2.75, 3.05) is 6.54 Å². The fourth-order valence-corrected chi connectivity index (χ4v) is 3.07. The third-order valence-electron chi connectivity index (χ3n) is 3.05. The molecule has 0 unspecified atom stereocenters. The van der Waals surface area contributed by atoms with Crippen molar-refractivity contribution in [1.82, 2.24) is 9.29 Å². The van der Waals surface area contributed by atoms with Crippen LogP contribution in [0, 0.1) is 0 Å². The number of hydrogen-bond acceptors (Lipinski definition) is 3. The van der Waals surface area contributed by atoms with Gasteiger partial charge in [0.25, 0.3) is 0 Å². The zero-order chi connectivity index (χ0) is 15.5. The topological polar surface area (TPSA) is 88.4 Å². The maximum atomic E-state index is 12.0. The number of hydrogen-bond donors (Lipinski definition) is 2. The molecular formula is C14H16N2O4S. The Morgan fingerprint density at radius 1 is 1.29 bits per heavy atom. The summed E-state index contributed by atoms with van der Waals surface area (Å²) in [6.45, 7) is 0.140. The number of sulfonamides is 1. The zero-order valence-corrected chi connectivity index (χ0v) is 12.3. The van der Waals surface area contributed by atoms with Crippen LogP contribution in [-0.2, 0) is 23.5 Å². The Hall–Kier alpha value is -2.12. The van der Waals surface area contributed by atoms with Gasteiger partial charge in [0, 0.05) is 26.0 Å². The number of rotatable bonds is 6. The van der Waals surface area contributed by atoms with Gasteiger partial charge in [0.15, 0.2) is 0 Å². The molecule has 2 rings (SSSR count). The molecule has 0 spiro atoms. The normalized spacial score (nSPS) is 11.5. The van der Waals surface area contributed by atoms with E-state index < -0.39 is 16.0 Å². The van der Waals surface area contributed by atoms with Crippen LogP contribution in [0.3, 0.4) is 0 Å². The molecule has 0 aliphatic carbocycles. The Labute approximate surface area is 123 Å². The molecule has 2 N–H and O–H groups in total. The number of carbonyl (C=O) groups is 1. The Bertz CT molecular complexity index is 750. The highest BCUT2D eigenvalue weighted by atomic mass is 32.2. The second-order valence-corrected chi connectivity index (χ2v) is 6.39. The van der Waals surface area contributed by atoms with E-state index in [1.54, 1.807) is 36.0 Å². The molecule has 0 radical (unpaired) electrons. The molecule has 0 atom stereocenters. The molecule has 6 nitrogen and oxygen atoms in total. The summed E-state index contributed by atoms with van der Waals surface area (Å²) in [6.07, 6.45) is 3.47. The average molecular weight is 308 g/mol. The van der Waals surface area contributed by atoms with Crippen LogP contribution < -0.4 is 4.72 Å². The predicted octanol–water partition coefficient (Wildman–Crippen LogP) is 1.24. The van der Waals surface area contributed by atoms with E-state index in [4.69, 9.17) is 5.11 Å². The lowest BCUT2D eigenvalue weighted by molar-refractivity contribution is 0.0695. The molecular weight excluding hydrogens is 292 g/mol. The molecule has 112 valence electrons. The molecule has 0 saturated carbocycles.